The van der Waals surface area contributed by atoms with Gasteiger partial charge in [-0.1, -0.05) is 6.92 Å². The predicted molar refractivity (Wildman–Crippen MR) is 103 cm³/mol. The van der Waals surface area contributed by atoms with E-state index in [1.54, 1.807) is 13.2 Å². The molecule has 0 spiro atoms. The number of nitrogens with one attached hydrogen (secondary N) is 1. The maximum Gasteiger partial charge on any atom is 0.274 e. The molecule has 0 bridgehead atoms. The van der Waals surface area contributed by atoms with Crippen LogP contribution in [-0.4, -0.2) is 35.6 Å². The summed E-state index contributed by atoms with van der Waals surface area (Å²) < 4.78 is 5.14. The van der Waals surface area contributed by atoms with Gasteiger partial charge in [0, 0.05) is 24.3 Å². The largest absolute Gasteiger partial charge is 0.497 e. The van der Waals surface area contributed by atoms with Gasteiger partial charge in [-0.3, -0.25) is 4.79 Å². The first-order chi connectivity index (χ1) is 12.6. The van der Waals surface area contributed by atoms with Crippen molar-refractivity contribution in [2.45, 2.75) is 45.6 Å². The Morgan fingerprint density at radius 3 is 2.73 bits per heavy atom. The van der Waals surface area contributed by atoms with E-state index in [1.165, 1.54) is 12.8 Å². The summed E-state index contributed by atoms with van der Waals surface area (Å²) in [7, 11) is 1.61. The average Bonchev–Trinajstić information content (AvgIpc) is 2.68. The van der Waals surface area contributed by atoms with Crippen molar-refractivity contribution in [2.24, 2.45) is 0 Å². The maximum atomic E-state index is 12.7. The first-order valence-corrected chi connectivity index (χ1v) is 9.18. The zero-order valence-corrected chi connectivity index (χ0v) is 15.7. The van der Waals surface area contributed by atoms with Crippen LogP contribution in [0, 0.1) is 6.92 Å². The van der Waals surface area contributed by atoms with Crippen molar-refractivity contribution in [3.63, 3.8) is 0 Å². The molecule has 26 heavy (non-hydrogen) atoms. The van der Waals surface area contributed by atoms with Gasteiger partial charge in [0.15, 0.2) is 0 Å². The van der Waals surface area contributed by atoms with Gasteiger partial charge in [-0.05, 0) is 56.9 Å². The van der Waals surface area contributed by atoms with Crippen molar-refractivity contribution in [1.29, 1.82) is 0 Å². The molecular formula is C20H26N4O2. The quantitative estimate of drug-likeness (QED) is 0.884. The van der Waals surface area contributed by atoms with Gasteiger partial charge in [-0.15, -0.1) is 0 Å². The lowest BCUT2D eigenvalue weighted by molar-refractivity contribution is 0.102. The molecule has 0 saturated carbocycles. The third kappa shape index (κ3) is 4.12. The van der Waals surface area contributed by atoms with Crippen molar-refractivity contribution < 1.29 is 9.53 Å². The SMILES string of the molecule is CCC1CCCCN1c1cc(C(=O)Nc2ccc(OC)cc2)nc(C)n1. The van der Waals surface area contributed by atoms with Crippen LogP contribution in [0.3, 0.4) is 0 Å². The van der Waals surface area contributed by atoms with Gasteiger partial charge in [-0.2, -0.15) is 0 Å². The number of methoxy groups -OCH3 is 1. The molecule has 1 atom stereocenters. The number of ether oxygens (including phenoxy) is 1. The standard InChI is InChI=1S/C20H26N4O2/c1-4-16-7-5-6-12-24(16)19-13-18(21-14(2)22-19)20(25)23-15-8-10-17(26-3)11-9-15/h8-11,13,16H,4-7,12H2,1-3H3,(H,23,25). The summed E-state index contributed by atoms with van der Waals surface area (Å²) in [6.45, 7) is 5.02. The van der Waals surface area contributed by atoms with E-state index in [-0.39, 0.29) is 5.91 Å². The van der Waals surface area contributed by atoms with E-state index in [2.05, 4.69) is 27.1 Å². The minimum absolute atomic E-state index is 0.230. The monoisotopic (exact) mass is 354 g/mol. The van der Waals surface area contributed by atoms with Crippen LogP contribution in [0.1, 0.15) is 48.9 Å². The van der Waals surface area contributed by atoms with Crippen LogP contribution in [0.25, 0.3) is 0 Å². The molecule has 2 heterocycles. The number of amides is 1. The second-order valence-corrected chi connectivity index (χ2v) is 6.59. The first kappa shape index (κ1) is 18.2. The Bertz CT molecular complexity index is 761. The second kappa shape index (κ2) is 8.17. The van der Waals surface area contributed by atoms with Gasteiger partial charge in [-0.25, -0.2) is 9.97 Å². The molecule has 2 aromatic rings. The number of carbonyl (C=O) groups is 1. The van der Waals surface area contributed by atoms with Crippen LogP contribution >= 0.6 is 0 Å². The van der Waals surface area contributed by atoms with Crippen LogP contribution in [0.2, 0.25) is 0 Å². The molecule has 1 aliphatic heterocycles. The normalized spacial score (nSPS) is 17.0. The van der Waals surface area contributed by atoms with E-state index in [0.29, 0.717) is 23.2 Å². The van der Waals surface area contributed by atoms with Crippen molar-refractivity contribution in [1.82, 2.24) is 9.97 Å². The number of benzene rings is 1. The highest BCUT2D eigenvalue weighted by Crippen LogP contribution is 2.26. The van der Waals surface area contributed by atoms with Gasteiger partial charge in [0.05, 0.1) is 7.11 Å². The molecule has 1 N–H and O–H groups in total. The fraction of sp³-hybridized carbons (Fsp3) is 0.450. The Morgan fingerprint density at radius 1 is 1.27 bits per heavy atom. The van der Waals surface area contributed by atoms with Crippen LogP contribution in [0.15, 0.2) is 30.3 Å². The summed E-state index contributed by atoms with van der Waals surface area (Å²) in [6.07, 6.45) is 4.67. The molecule has 6 heteroatoms. The number of aromatic nitrogens is 2. The molecule has 0 aliphatic carbocycles. The number of aryl methyl sites for hydroxylation is 1. The number of hydrogen-bond acceptors (Lipinski definition) is 5. The van der Waals surface area contributed by atoms with Gasteiger partial charge >= 0.3 is 0 Å². The third-order valence-electron chi connectivity index (χ3n) is 4.80. The highest BCUT2D eigenvalue weighted by atomic mass is 16.5. The molecule has 1 saturated heterocycles. The molecule has 0 radical (unpaired) electrons. The molecule has 138 valence electrons. The van der Waals surface area contributed by atoms with E-state index in [9.17, 15) is 4.79 Å². The lowest BCUT2D eigenvalue weighted by atomic mass is 10.00. The summed E-state index contributed by atoms with van der Waals surface area (Å²) >= 11 is 0. The number of piperidine rings is 1. The minimum Gasteiger partial charge on any atom is -0.497 e. The number of hydrogen-bond donors (Lipinski definition) is 1. The van der Waals surface area contributed by atoms with Crippen molar-refractivity contribution in [3.05, 3.63) is 41.9 Å². The first-order valence-electron chi connectivity index (χ1n) is 9.18. The third-order valence-corrected chi connectivity index (χ3v) is 4.80. The summed E-state index contributed by atoms with van der Waals surface area (Å²) in [4.78, 5) is 23.9. The lowest BCUT2D eigenvalue weighted by Crippen LogP contribution is -2.40. The Balaban J connectivity index is 1.80. The summed E-state index contributed by atoms with van der Waals surface area (Å²) in [5.74, 6) is 1.98. The molecule has 1 fully saturated rings. The highest BCUT2D eigenvalue weighted by molar-refractivity contribution is 6.03. The summed E-state index contributed by atoms with van der Waals surface area (Å²) in [6, 6.07) is 9.53. The Morgan fingerprint density at radius 2 is 2.04 bits per heavy atom. The van der Waals surface area contributed by atoms with E-state index in [0.717, 1.165) is 31.0 Å². The fourth-order valence-corrected chi connectivity index (χ4v) is 3.41. The maximum absolute atomic E-state index is 12.7. The summed E-state index contributed by atoms with van der Waals surface area (Å²) in [5.41, 5.74) is 1.10. The molecule has 1 unspecified atom stereocenters. The van der Waals surface area contributed by atoms with Crippen LogP contribution < -0.4 is 15.0 Å². The molecule has 6 nitrogen and oxygen atoms in total. The van der Waals surface area contributed by atoms with Gasteiger partial charge in [0.25, 0.3) is 5.91 Å². The van der Waals surface area contributed by atoms with Crippen molar-refractivity contribution >= 4 is 17.4 Å². The summed E-state index contributed by atoms with van der Waals surface area (Å²) in [5, 5.41) is 2.89. The smallest absolute Gasteiger partial charge is 0.274 e. The molecule has 1 amide bonds. The molecular weight excluding hydrogens is 328 g/mol. The van der Waals surface area contributed by atoms with Crippen LogP contribution in [0.5, 0.6) is 5.75 Å². The van der Waals surface area contributed by atoms with E-state index < -0.39 is 0 Å². The molecule has 3 rings (SSSR count). The zero-order chi connectivity index (χ0) is 18.5. The average molecular weight is 354 g/mol. The van der Waals surface area contributed by atoms with Crippen LogP contribution in [0.4, 0.5) is 11.5 Å². The lowest BCUT2D eigenvalue weighted by Gasteiger charge is -2.36. The number of anilines is 2. The molecule has 1 aromatic carbocycles. The van der Waals surface area contributed by atoms with Crippen LogP contribution in [-0.2, 0) is 0 Å². The van der Waals surface area contributed by atoms with E-state index in [4.69, 9.17) is 4.74 Å². The minimum atomic E-state index is -0.230. The van der Waals surface area contributed by atoms with E-state index in [1.807, 2.05) is 31.2 Å². The Kier molecular flexibility index (Phi) is 5.71. The highest BCUT2D eigenvalue weighted by Gasteiger charge is 2.23. The van der Waals surface area contributed by atoms with Crippen molar-refractivity contribution in [2.75, 3.05) is 23.9 Å². The second-order valence-electron chi connectivity index (χ2n) is 6.59. The molecule has 1 aliphatic rings. The Hall–Kier alpha value is -2.63. The fourth-order valence-electron chi connectivity index (χ4n) is 3.41. The predicted octanol–water partition coefficient (Wildman–Crippen LogP) is 3.81. The number of rotatable bonds is 5. The number of carbonyl (C=O) groups excluding carboxylic acids is 1. The zero-order valence-electron chi connectivity index (χ0n) is 15.7. The van der Waals surface area contributed by atoms with Crippen molar-refractivity contribution in [3.8, 4) is 5.75 Å². The van der Waals surface area contributed by atoms with Gasteiger partial charge in [0.1, 0.15) is 23.1 Å². The van der Waals surface area contributed by atoms with Gasteiger partial charge < -0.3 is 15.0 Å². The van der Waals surface area contributed by atoms with Gasteiger partial charge in [0.2, 0.25) is 0 Å². The van der Waals surface area contributed by atoms with E-state index >= 15 is 0 Å². The topological polar surface area (TPSA) is 67.4 Å². The Labute approximate surface area is 154 Å². The molecule has 1 aromatic heterocycles. The number of nitrogens with zero attached hydrogens (tertiary/aromatic N) is 3.